The molecule has 0 saturated carbocycles. The number of aromatic nitrogens is 1. The van der Waals surface area contributed by atoms with Crippen LogP contribution in [0.1, 0.15) is 28.8 Å². The van der Waals surface area contributed by atoms with Crippen LogP contribution in [0, 0.1) is 25.2 Å². The van der Waals surface area contributed by atoms with Crippen molar-refractivity contribution in [3.05, 3.63) is 63.1 Å². The minimum atomic E-state index is -0.413. The number of piperazine rings is 1. The Kier molecular flexibility index (Phi) is 7.08. The average molecular weight is 422 g/mol. The molecule has 1 saturated heterocycles. The highest BCUT2D eigenvalue weighted by Crippen LogP contribution is 2.16. The van der Waals surface area contributed by atoms with E-state index in [1.807, 2.05) is 24.3 Å². The first kappa shape index (κ1) is 22.1. The second kappa shape index (κ2) is 9.94. The van der Waals surface area contributed by atoms with E-state index in [1.54, 1.807) is 18.7 Å². The molecule has 3 rings (SSSR count). The van der Waals surface area contributed by atoms with Crippen molar-refractivity contribution in [1.29, 1.82) is 5.26 Å². The summed E-state index contributed by atoms with van der Waals surface area (Å²) < 4.78 is 0. The number of aromatic amines is 1. The van der Waals surface area contributed by atoms with Crippen LogP contribution < -0.4 is 15.8 Å². The van der Waals surface area contributed by atoms with Crippen molar-refractivity contribution in [3.63, 3.8) is 0 Å². The normalized spacial score (nSPS) is 13.6. The van der Waals surface area contributed by atoms with Gasteiger partial charge in [-0.2, -0.15) is 5.26 Å². The fourth-order valence-corrected chi connectivity index (χ4v) is 3.89. The molecule has 0 radical (unpaired) electrons. The zero-order chi connectivity index (χ0) is 22.4. The van der Waals surface area contributed by atoms with Crippen molar-refractivity contribution in [3.8, 4) is 6.07 Å². The number of hydrogen-bond acceptors (Lipinski definition) is 5. The molecule has 1 aliphatic rings. The zero-order valence-corrected chi connectivity index (χ0v) is 17.9. The van der Waals surface area contributed by atoms with E-state index in [-0.39, 0.29) is 30.3 Å². The topological polar surface area (TPSA) is 109 Å². The number of nitriles is 1. The van der Waals surface area contributed by atoms with E-state index in [0.717, 1.165) is 24.3 Å². The number of para-hydroxylation sites is 1. The lowest BCUT2D eigenvalue weighted by Crippen LogP contribution is -2.51. The summed E-state index contributed by atoms with van der Waals surface area (Å²) in [5, 5.41) is 11.8. The van der Waals surface area contributed by atoms with Gasteiger partial charge in [0, 0.05) is 44.0 Å². The maximum Gasteiger partial charge on any atom is 0.266 e. The second-order valence-corrected chi connectivity index (χ2v) is 7.65. The minimum absolute atomic E-state index is 0.0306. The molecule has 0 atom stereocenters. The number of aryl methyl sites for hydroxylation is 1. The number of carbonyl (C=O) groups is 2. The van der Waals surface area contributed by atoms with Gasteiger partial charge in [0.25, 0.3) is 5.56 Å². The van der Waals surface area contributed by atoms with E-state index in [1.165, 1.54) is 0 Å². The van der Waals surface area contributed by atoms with E-state index < -0.39 is 5.56 Å². The molecule has 31 heavy (non-hydrogen) atoms. The van der Waals surface area contributed by atoms with Crippen molar-refractivity contribution in [2.24, 2.45) is 0 Å². The molecular weight excluding hydrogens is 394 g/mol. The fourth-order valence-electron chi connectivity index (χ4n) is 3.89. The Balaban J connectivity index is 1.46. The van der Waals surface area contributed by atoms with Gasteiger partial charge in [0.2, 0.25) is 11.8 Å². The van der Waals surface area contributed by atoms with Crippen LogP contribution in [0.4, 0.5) is 5.69 Å². The van der Waals surface area contributed by atoms with E-state index in [9.17, 15) is 14.4 Å². The molecule has 1 fully saturated rings. The quantitative estimate of drug-likeness (QED) is 0.730. The minimum Gasteiger partial charge on any atom is -0.368 e. The summed E-state index contributed by atoms with van der Waals surface area (Å²) in [4.78, 5) is 43.2. The van der Waals surface area contributed by atoms with Gasteiger partial charge < -0.3 is 20.1 Å². The first-order valence-electron chi connectivity index (χ1n) is 10.4. The van der Waals surface area contributed by atoms with E-state index >= 15 is 0 Å². The van der Waals surface area contributed by atoms with Gasteiger partial charge >= 0.3 is 0 Å². The van der Waals surface area contributed by atoms with Crippen molar-refractivity contribution in [2.75, 3.05) is 37.6 Å². The average Bonchev–Trinajstić information content (AvgIpc) is 2.78. The van der Waals surface area contributed by atoms with Crippen molar-refractivity contribution >= 4 is 17.5 Å². The van der Waals surface area contributed by atoms with Gasteiger partial charge in [-0.15, -0.1) is 0 Å². The standard InChI is InChI=1S/C23H27N5O3/c1-16-19(17(2)26-23(31)20(16)14-24)8-9-21(29)25-15-22(30)28-12-10-27(11-13-28)18-6-4-3-5-7-18/h3-7H,8-13,15H2,1-2H3,(H,25,29)(H,26,31). The van der Waals surface area contributed by atoms with E-state index in [0.29, 0.717) is 30.8 Å². The Morgan fingerprint density at radius 2 is 1.81 bits per heavy atom. The number of nitrogens with one attached hydrogen (secondary N) is 2. The summed E-state index contributed by atoms with van der Waals surface area (Å²) in [6.07, 6.45) is 0.562. The highest BCUT2D eigenvalue weighted by molar-refractivity contribution is 5.85. The maximum atomic E-state index is 12.5. The lowest BCUT2D eigenvalue weighted by atomic mass is 9.99. The third-order valence-electron chi connectivity index (χ3n) is 5.71. The van der Waals surface area contributed by atoms with Gasteiger partial charge in [0.15, 0.2) is 0 Å². The van der Waals surface area contributed by atoms with Crippen LogP contribution in [-0.2, 0) is 16.0 Å². The third kappa shape index (κ3) is 5.31. The summed E-state index contributed by atoms with van der Waals surface area (Å²) in [7, 11) is 0. The third-order valence-corrected chi connectivity index (χ3v) is 5.71. The summed E-state index contributed by atoms with van der Waals surface area (Å²) in [5.74, 6) is -0.330. The van der Waals surface area contributed by atoms with Crippen molar-refractivity contribution in [1.82, 2.24) is 15.2 Å². The van der Waals surface area contributed by atoms with Gasteiger partial charge in [0.1, 0.15) is 11.6 Å². The van der Waals surface area contributed by atoms with E-state index in [2.05, 4.69) is 27.3 Å². The number of benzene rings is 1. The van der Waals surface area contributed by atoms with Crippen molar-refractivity contribution in [2.45, 2.75) is 26.7 Å². The Morgan fingerprint density at radius 3 is 2.45 bits per heavy atom. The zero-order valence-electron chi connectivity index (χ0n) is 17.9. The first-order chi connectivity index (χ1) is 14.9. The summed E-state index contributed by atoms with van der Waals surface area (Å²) in [6.45, 7) is 6.20. The summed E-state index contributed by atoms with van der Waals surface area (Å²) in [6, 6.07) is 12.0. The summed E-state index contributed by atoms with van der Waals surface area (Å²) >= 11 is 0. The monoisotopic (exact) mass is 421 g/mol. The number of anilines is 1. The molecular formula is C23H27N5O3. The van der Waals surface area contributed by atoms with Gasteiger partial charge in [-0.3, -0.25) is 14.4 Å². The maximum absolute atomic E-state index is 12.5. The van der Waals surface area contributed by atoms with Crippen LogP contribution in [0.15, 0.2) is 35.1 Å². The predicted octanol–water partition coefficient (Wildman–Crippen LogP) is 1.26. The van der Waals surface area contributed by atoms with Gasteiger partial charge in [-0.05, 0) is 43.5 Å². The fraction of sp³-hybridized carbons (Fsp3) is 0.391. The first-order valence-corrected chi connectivity index (χ1v) is 10.4. The SMILES string of the molecule is Cc1[nH]c(=O)c(C#N)c(C)c1CCC(=O)NCC(=O)N1CCN(c2ccccc2)CC1. The molecule has 2 N–H and O–H groups in total. The second-order valence-electron chi connectivity index (χ2n) is 7.65. The van der Waals surface area contributed by atoms with Crippen LogP contribution >= 0.6 is 0 Å². The van der Waals surface area contributed by atoms with Crippen LogP contribution in [0.25, 0.3) is 0 Å². The van der Waals surface area contributed by atoms with Crippen LogP contribution in [-0.4, -0.2) is 54.4 Å². The molecule has 8 heteroatoms. The Bertz CT molecular complexity index is 1050. The molecule has 1 aromatic carbocycles. The van der Waals surface area contributed by atoms with E-state index in [4.69, 9.17) is 5.26 Å². The number of carbonyl (C=O) groups excluding carboxylic acids is 2. The highest BCUT2D eigenvalue weighted by atomic mass is 16.2. The number of hydrogen-bond donors (Lipinski definition) is 2. The molecule has 8 nitrogen and oxygen atoms in total. The van der Waals surface area contributed by atoms with Crippen LogP contribution in [0.3, 0.4) is 0 Å². The van der Waals surface area contributed by atoms with Crippen LogP contribution in [0.5, 0.6) is 0 Å². The molecule has 162 valence electrons. The van der Waals surface area contributed by atoms with Gasteiger partial charge in [-0.25, -0.2) is 0 Å². The molecule has 0 bridgehead atoms. The highest BCUT2D eigenvalue weighted by Gasteiger charge is 2.21. The smallest absolute Gasteiger partial charge is 0.266 e. The lowest BCUT2D eigenvalue weighted by molar-refractivity contribution is -0.133. The summed E-state index contributed by atoms with van der Waals surface area (Å²) in [5.41, 5.74) is 2.85. The predicted molar refractivity (Wildman–Crippen MR) is 118 cm³/mol. The van der Waals surface area contributed by atoms with Gasteiger partial charge in [0.05, 0.1) is 6.54 Å². The number of pyridine rings is 1. The molecule has 2 amide bonds. The molecule has 1 aromatic heterocycles. The Morgan fingerprint density at radius 1 is 1.13 bits per heavy atom. The molecule has 2 aromatic rings. The van der Waals surface area contributed by atoms with Crippen molar-refractivity contribution < 1.29 is 9.59 Å². The van der Waals surface area contributed by atoms with Crippen LogP contribution in [0.2, 0.25) is 0 Å². The molecule has 1 aliphatic heterocycles. The number of nitrogens with zero attached hydrogens (tertiary/aromatic N) is 3. The Hall–Kier alpha value is -3.60. The van der Waals surface area contributed by atoms with Gasteiger partial charge in [-0.1, -0.05) is 18.2 Å². The molecule has 0 unspecified atom stereocenters. The molecule has 2 heterocycles. The Labute approximate surface area is 181 Å². The number of amides is 2. The number of rotatable bonds is 6. The lowest BCUT2D eigenvalue weighted by Gasteiger charge is -2.36. The largest absolute Gasteiger partial charge is 0.368 e. The molecule has 0 aliphatic carbocycles. The number of H-pyrrole nitrogens is 1. The molecule has 0 spiro atoms.